The van der Waals surface area contributed by atoms with Gasteiger partial charge in [0.1, 0.15) is 5.82 Å². The number of amides is 1. The number of aryl methyl sites for hydroxylation is 1. The zero-order chi connectivity index (χ0) is 17.9. The first-order valence-electron chi connectivity index (χ1n) is 9.02. The fourth-order valence-corrected chi connectivity index (χ4v) is 3.33. The lowest BCUT2D eigenvalue weighted by atomic mass is 10.1. The third-order valence-electron chi connectivity index (χ3n) is 4.73. The van der Waals surface area contributed by atoms with Crippen LogP contribution < -0.4 is 5.32 Å². The second-order valence-corrected chi connectivity index (χ2v) is 6.59. The van der Waals surface area contributed by atoms with Crippen molar-refractivity contribution in [2.24, 2.45) is 0 Å². The van der Waals surface area contributed by atoms with E-state index in [2.05, 4.69) is 20.6 Å². The third kappa shape index (κ3) is 3.37. The van der Waals surface area contributed by atoms with Crippen molar-refractivity contribution in [1.82, 2.24) is 24.7 Å². The van der Waals surface area contributed by atoms with Crippen LogP contribution in [0.1, 0.15) is 24.7 Å². The Morgan fingerprint density at radius 1 is 1.19 bits per heavy atom. The average molecular weight is 350 g/mol. The number of rotatable bonds is 5. The number of nitrogens with zero attached hydrogens (tertiary/aromatic N) is 5. The summed E-state index contributed by atoms with van der Waals surface area (Å²) >= 11 is 0. The molecule has 3 aromatic rings. The van der Waals surface area contributed by atoms with E-state index in [4.69, 9.17) is 0 Å². The Labute approximate surface area is 152 Å². The molecule has 3 heterocycles. The van der Waals surface area contributed by atoms with Gasteiger partial charge in [0.15, 0.2) is 11.5 Å². The van der Waals surface area contributed by atoms with Crippen molar-refractivity contribution in [2.75, 3.05) is 18.4 Å². The molecule has 1 aromatic carbocycles. The highest BCUT2D eigenvalue weighted by atomic mass is 16.2. The molecule has 7 nitrogen and oxygen atoms in total. The molecule has 1 unspecified atom stereocenters. The van der Waals surface area contributed by atoms with Crippen LogP contribution in [0, 0.1) is 0 Å². The van der Waals surface area contributed by atoms with Gasteiger partial charge in [-0.3, -0.25) is 4.79 Å². The molecule has 26 heavy (non-hydrogen) atoms. The predicted molar refractivity (Wildman–Crippen MR) is 98.9 cm³/mol. The van der Waals surface area contributed by atoms with Crippen molar-refractivity contribution in [1.29, 1.82) is 0 Å². The quantitative estimate of drug-likeness (QED) is 0.761. The number of aromatic nitrogens is 4. The number of carbonyl (C=O) groups is 1. The second kappa shape index (κ2) is 7.11. The fraction of sp³-hybridized carbons (Fsp3) is 0.368. The van der Waals surface area contributed by atoms with Gasteiger partial charge < -0.3 is 10.2 Å². The van der Waals surface area contributed by atoms with Crippen LogP contribution in [-0.2, 0) is 17.6 Å². The molecule has 0 spiro atoms. The van der Waals surface area contributed by atoms with Gasteiger partial charge in [0.25, 0.3) is 0 Å². The molecular weight excluding hydrogens is 328 g/mol. The third-order valence-corrected chi connectivity index (χ3v) is 4.73. The summed E-state index contributed by atoms with van der Waals surface area (Å²) in [6.45, 7) is 3.51. The molecule has 0 aliphatic carbocycles. The summed E-state index contributed by atoms with van der Waals surface area (Å²) in [6, 6.07) is 13.9. The summed E-state index contributed by atoms with van der Waals surface area (Å²) < 4.78 is 1.77. The number of likely N-dealkylation sites (tertiary alicyclic amines) is 1. The minimum atomic E-state index is 0.177. The largest absolute Gasteiger partial charge is 0.364 e. The lowest BCUT2D eigenvalue weighted by Gasteiger charge is -2.17. The zero-order valence-corrected chi connectivity index (χ0v) is 14.8. The summed E-state index contributed by atoms with van der Waals surface area (Å²) in [5, 5.41) is 16.3. The van der Waals surface area contributed by atoms with E-state index in [1.165, 1.54) is 0 Å². The molecule has 0 radical (unpaired) electrons. The molecule has 7 heteroatoms. The van der Waals surface area contributed by atoms with Gasteiger partial charge in [-0.15, -0.1) is 15.3 Å². The number of nitrogens with one attached hydrogen (secondary N) is 1. The summed E-state index contributed by atoms with van der Waals surface area (Å²) in [4.78, 5) is 14.4. The van der Waals surface area contributed by atoms with Crippen molar-refractivity contribution in [2.45, 2.75) is 32.2 Å². The van der Waals surface area contributed by atoms with Crippen LogP contribution in [0.5, 0.6) is 0 Å². The molecule has 2 aromatic heterocycles. The molecule has 0 bridgehead atoms. The van der Waals surface area contributed by atoms with Crippen molar-refractivity contribution in [3.05, 3.63) is 53.9 Å². The van der Waals surface area contributed by atoms with Crippen LogP contribution in [0.2, 0.25) is 0 Å². The van der Waals surface area contributed by atoms with E-state index in [1.54, 1.807) is 4.52 Å². The maximum absolute atomic E-state index is 12.5. The smallest absolute Gasteiger partial charge is 0.227 e. The maximum Gasteiger partial charge on any atom is 0.227 e. The summed E-state index contributed by atoms with van der Waals surface area (Å²) in [5.41, 5.74) is 1.80. The number of hydrogen-bond acceptors (Lipinski definition) is 5. The maximum atomic E-state index is 12.5. The Kier molecular flexibility index (Phi) is 4.51. The van der Waals surface area contributed by atoms with Gasteiger partial charge in [-0.2, -0.15) is 4.52 Å². The molecule has 1 fully saturated rings. The first-order chi connectivity index (χ1) is 12.7. The molecule has 1 aliphatic heterocycles. The lowest BCUT2D eigenvalue weighted by Crippen LogP contribution is -2.32. The number of carbonyl (C=O) groups excluding carboxylic acids is 1. The number of fused-ring (bicyclic) bond motifs is 1. The van der Waals surface area contributed by atoms with E-state index >= 15 is 0 Å². The highest BCUT2D eigenvalue weighted by Gasteiger charge is 2.26. The van der Waals surface area contributed by atoms with Crippen molar-refractivity contribution in [3.63, 3.8) is 0 Å². The molecule has 1 saturated heterocycles. The summed E-state index contributed by atoms with van der Waals surface area (Å²) in [7, 11) is 0. The highest BCUT2D eigenvalue weighted by Crippen LogP contribution is 2.16. The number of hydrogen-bond donors (Lipinski definition) is 1. The molecule has 1 aliphatic rings. The molecule has 1 amide bonds. The van der Waals surface area contributed by atoms with Gasteiger partial charge in [0, 0.05) is 25.6 Å². The molecule has 1 atom stereocenters. The normalized spacial score (nSPS) is 17.0. The molecular formula is C19H22N6O. The predicted octanol–water partition coefficient (Wildman–Crippen LogP) is 1.94. The van der Waals surface area contributed by atoms with Crippen molar-refractivity contribution < 1.29 is 4.79 Å². The van der Waals surface area contributed by atoms with Gasteiger partial charge in [-0.25, -0.2) is 0 Å². The number of anilines is 1. The Morgan fingerprint density at radius 3 is 2.85 bits per heavy atom. The number of benzene rings is 1. The van der Waals surface area contributed by atoms with Gasteiger partial charge in [0.2, 0.25) is 5.91 Å². The monoisotopic (exact) mass is 350 g/mol. The minimum Gasteiger partial charge on any atom is -0.364 e. The summed E-state index contributed by atoms with van der Waals surface area (Å²) in [5.74, 6) is 1.81. The first-order valence-corrected chi connectivity index (χ1v) is 9.02. The molecule has 1 N–H and O–H groups in total. The van der Waals surface area contributed by atoms with E-state index < -0.39 is 0 Å². The Morgan fingerprint density at radius 2 is 2.04 bits per heavy atom. The van der Waals surface area contributed by atoms with Gasteiger partial charge in [0.05, 0.1) is 6.42 Å². The van der Waals surface area contributed by atoms with Gasteiger partial charge in [-0.05, 0) is 24.1 Å². The van der Waals surface area contributed by atoms with Crippen molar-refractivity contribution >= 4 is 17.4 Å². The summed E-state index contributed by atoms with van der Waals surface area (Å²) in [6.07, 6.45) is 2.16. The van der Waals surface area contributed by atoms with Crippen LogP contribution >= 0.6 is 0 Å². The van der Waals surface area contributed by atoms with E-state index in [-0.39, 0.29) is 11.9 Å². The molecule has 0 saturated carbocycles. The molecule has 134 valence electrons. The standard InChI is InChI=1S/C19H22N6O/c1-2-17-21-22-18-9-8-16(23-25(17)18)20-15-10-11-24(13-15)19(26)12-14-6-4-3-5-7-14/h3-9,15H,2,10-13H2,1H3,(H,20,23). The van der Waals surface area contributed by atoms with E-state index in [0.29, 0.717) is 13.0 Å². The minimum absolute atomic E-state index is 0.177. The average Bonchev–Trinajstić information content (AvgIpc) is 3.29. The van der Waals surface area contributed by atoms with E-state index in [0.717, 1.165) is 42.2 Å². The van der Waals surface area contributed by atoms with Gasteiger partial charge in [-0.1, -0.05) is 37.3 Å². The first kappa shape index (κ1) is 16.5. The van der Waals surface area contributed by atoms with Crippen LogP contribution in [0.3, 0.4) is 0 Å². The Balaban J connectivity index is 1.39. The SMILES string of the molecule is CCc1nnc2ccc(NC3CCN(C(=O)Cc4ccccc4)C3)nn12. The van der Waals surface area contributed by atoms with E-state index in [9.17, 15) is 4.79 Å². The van der Waals surface area contributed by atoms with Crippen LogP contribution in [0.15, 0.2) is 42.5 Å². The molecule has 4 rings (SSSR count). The van der Waals surface area contributed by atoms with Crippen molar-refractivity contribution in [3.8, 4) is 0 Å². The fourth-order valence-electron chi connectivity index (χ4n) is 3.33. The Hall–Kier alpha value is -2.96. The van der Waals surface area contributed by atoms with Gasteiger partial charge >= 0.3 is 0 Å². The van der Waals surface area contributed by atoms with Crippen LogP contribution in [0.4, 0.5) is 5.82 Å². The van der Waals surface area contributed by atoms with Crippen LogP contribution in [0.25, 0.3) is 5.65 Å². The zero-order valence-electron chi connectivity index (χ0n) is 14.8. The lowest BCUT2D eigenvalue weighted by molar-refractivity contribution is -0.129. The highest BCUT2D eigenvalue weighted by molar-refractivity contribution is 5.79. The topological polar surface area (TPSA) is 75.4 Å². The van der Waals surface area contributed by atoms with E-state index in [1.807, 2.05) is 54.3 Å². The second-order valence-electron chi connectivity index (χ2n) is 6.59. The Bertz CT molecular complexity index is 907. The van der Waals surface area contributed by atoms with Crippen LogP contribution in [-0.4, -0.2) is 49.7 Å².